The van der Waals surface area contributed by atoms with E-state index in [-0.39, 0.29) is 11.9 Å². The first kappa shape index (κ1) is 14.1. The van der Waals surface area contributed by atoms with Gasteiger partial charge in [-0.2, -0.15) is 5.10 Å². The van der Waals surface area contributed by atoms with Gasteiger partial charge in [0.25, 0.3) is 0 Å². The van der Waals surface area contributed by atoms with Gasteiger partial charge in [0.2, 0.25) is 5.91 Å². The molecule has 4 nitrogen and oxygen atoms in total. The van der Waals surface area contributed by atoms with Crippen LogP contribution in [0.5, 0.6) is 0 Å². The minimum atomic E-state index is -0.0955. The molecule has 20 heavy (non-hydrogen) atoms. The maximum absolute atomic E-state index is 12.0. The molecule has 0 radical (unpaired) electrons. The van der Waals surface area contributed by atoms with Crippen molar-refractivity contribution < 1.29 is 4.79 Å². The van der Waals surface area contributed by atoms with Gasteiger partial charge in [-0.15, -0.1) is 0 Å². The highest BCUT2D eigenvalue weighted by Crippen LogP contribution is 2.15. The molecular formula is C16H19N3O. The van der Waals surface area contributed by atoms with Crippen LogP contribution < -0.4 is 5.32 Å². The summed E-state index contributed by atoms with van der Waals surface area (Å²) in [6.45, 7) is 2.04. The number of aromatic nitrogens is 2. The zero-order valence-corrected chi connectivity index (χ0v) is 11.8. The van der Waals surface area contributed by atoms with Crippen LogP contribution in [0.25, 0.3) is 6.08 Å². The first-order valence-corrected chi connectivity index (χ1v) is 6.72. The number of carbonyl (C=O) groups is 1. The van der Waals surface area contributed by atoms with Crippen molar-refractivity contribution in [2.24, 2.45) is 7.05 Å². The van der Waals surface area contributed by atoms with Crippen molar-refractivity contribution >= 4 is 12.0 Å². The summed E-state index contributed by atoms with van der Waals surface area (Å²) in [6.07, 6.45) is 5.94. The summed E-state index contributed by atoms with van der Waals surface area (Å²) in [5.41, 5.74) is 2.02. The van der Waals surface area contributed by atoms with E-state index < -0.39 is 0 Å². The Kier molecular flexibility index (Phi) is 4.71. The number of hydrogen-bond donors (Lipinski definition) is 1. The molecule has 1 amide bonds. The largest absolute Gasteiger partial charge is 0.344 e. The lowest BCUT2D eigenvalue weighted by atomic mass is 10.1. The Balaban J connectivity index is 2.00. The van der Waals surface area contributed by atoms with Crippen LogP contribution in [-0.2, 0) is 11.8 Å². The van der Waals surface area contributed by atoms with E-state index in [4.69, 9.17) is 0 Å². The number of amides is 1. The fourth-order valence-corrected chi connectivity index (χ4v) is 2.07. The van der Waals surface area contributed by atoms with E-state index in [1.165, 1.54) is 0 Å². The fraction of sp³-hybridized carbons (Fsp3) is 0.250. The summed E-state index contributed by atoms with van der Waals surface area (Å²) < 4.78 is 1.79. The van der Waals surface area contributed by atoms with E-state index in [1.807, 2.05) is 56.4 Å². The Morgan fingerprint density at radius 2 is 2.10 bits per heavy atom. The molecule has 0 aliphatic rings. The van der Waals surface area contributed by atoms with E-state index in [0.29, 0.717) is 0 Å². The number of rotatable bonds is 5. The van der Waals surface area contributed by atoms with E-state index in [9.17, 15) is 4.79 Å². The summed E-state index contributed by atoms with van der Waals surface area (Å²) in [6, 6.07) is 11.7. The first-order chi connectivity index (χ1) is 9.70. The first-order valence-electron chi connectivity index (χ1n) is 6.72. The van der Waals surface area contributed by atoms with Crippen molar-refractivity contribution in [2.75, 3.05) is 0 Å². The molecule has 0 fully saturated rings. The number of nitrogens with one attached hydrogen (secondary N) is 1. The molecule has 4 heteroatoms. The Bertz CT molecular complexity index is 587. The SMILES string of the molecule is CCC(NC(=O)C=Cc1ccccc1)c1ccnn1C. The zero-order chi connectivity index (χ0) is 14.4. The van der Waals surface area contributed by atoms with Gasteiger partial charge in [0.1, 0.15) is 0 Å². The molecule has 1 aromatic carbocycles. The molecule has 0 saturated carbocycles. The quantitative estimate of drug-likeness (QED) is 0.848. The second kappa shape index (κ2) is 6.70. The molecule has 0 saturated heterocycles. The minimum Gasteiger partial charge on any atom is -0.344 e. The Morgan fingerprint density at radius 1 is 1.35 bits per heavy atom. The second-order valence-corrected chi connectivity index (χ2v) is 4.59. The smallest absolute Gasteiger partial charge is 0.244 e. The molecule has 2 aromatic rings. The van der Waals surface area contributed by atoms with Crippen molar-refractivity contribution in [1.82, 2.24) is 15.1 Å². The monoisotopic (exact) mass is 269 g/mol. The normalized spacial score (nSPS) is 12.5. The van der Waals surface area contributed by atoms with E-state index in [1.54, 1.807) is 17.0 Å². The molecule has 104 valence electrons. The zero-order valence-electron chi connectivity index (χ0n) is 11.8. The third-order valence-corrected chi connectivity index (χ3v) is 3.17. The molecule has 1 heterocycles. The van der Waals surface area contributed by atoms with Crippen molar-refractivity contribution in [3.8, 4) is 0 Å². The van der Waals surface area contributed by atoms with Crippen LogP contribution in [0.4, 0.5) is 0 Å². The lowest BCUT2D eigenvalue weighted by molar-refractivity contribution is -0.117. The van der Waals surface area contributed by atoms with Gasteiger partial charge in [0.05, 0.1) is 11.7 Å². The molecule has 0 aliphatic heterocycles. The molecule has 1 N–H and O–H groups in total. The van der Waals surface area contributed by atoms with Gasteiger partial charge in [0.15, 0.2) is 0 Å². The predicted octanol–water partition coefficient (Wildman–Crippen LogP) is 2.70. The lowest BCUT2D eigenvalue weighted by Crippen LogP contribution is -2.27. The highest BCUT2D eigenvalue weighted by Gasteiger charge is 2.14. The van der Waals surface area contributed by atoms with Crippen LogP contribution in [0.2, 0.25) is 0 Å². The maximum atomic E-state index is 12.0. The van der Waals surface area contributed by atoms with Crippen LogP contribution >= 0.6 is 0 Å². The number of carbonyl (C=O) groups excluding carboxylic acids is 1. The fourth-order valence-electron chi connectivity index (χ4n) is 2.07. The summed E-state index contributed by atoms with van der Waals surface area (Å²) in [4.78, 5) is 12.0. The highest BCUT2D eigenvalue weighted by molar-refractivity contribution is 5.91. The van der Waals surface area contributed by atoms with Crippen LogP contribution in [0.15, 0.2) is 48.7 Å². The Hall–Kier alpha value is -2.36. The lowest BCUT2D eigenvalue weighted by Gasteiger charge is -2.16. The molecule has 1 aromatic heterocycles. The molecule has 0 aliphatic carbocycles. The molecule has 1 atom stereocenters. The molecule has 0 bridgehead atoms. The van der Waals surface area contributed by atoms with Gasteiger partial charge in [-0.05, 0) is 24.1 Å². The van der Waals surface area contributed by atoms with Crippen molar-refractivity contribution in [2.45, 2.75) is 19.4 Å². The third-order valence-electron chi connectivity index (χ3n) is 3.17. The highest BCUT2D eigenvalue weighted by atomic mass is 16.1. The molecular weight excluding hydrogens is 250 g/mol. The standard InChI is InChI=1S/C16H19N3O/c1-3-14(15-11-12-17-19(15)2)18-16(20)10-9-13-7-5-4-6-8-13/h4-12,14H,3H2,1-2H3,(H,18,20). The predicted molar refractivity (Wildman–Crippen MR) is 79.9 cm³/mol. The van der Waals surface area contributed by atoms with Crippen LogP contribution in [0.3, 0.4) is 0 Å². The Labute approximate surface area is 119 Å². The van der Waals surface area contributed by atoms with E-state index in [0.717, 1.165) is 17.7 Å². The second-order valence-electron chi connectivity index (χ2n) is 4.59. The van der Waals surface area contributed by atoms with Gasteiger partial charge in [-0.25, -0.2) is 0 Å². The number of hydrogen-bond acceptors (Lipinski definition) is 2. The minimum absolute atomic E-state index is 0.0181. The van der Waals surface area contributed by atoms with Gasteiger partial charge in [-0.3, -0.25) is 9.48 Å². The molecule has 2 rings (SSSR count). The van der Waals surface area contributed by atoms with Gasteiger partial charge in [0, 0.05) is 19.3 Å². The van der Waals surface area contributed by atoms with Gasteiger partial charge >= 0.3 is 0 Å². The van der Waals surface area contributed by atoms with Crippen LogP contribution in [0, 0.1) is 0 Å². The number of aryl methyl sites for hydroxylation is 1. The summed E-state index contributed by atoms with van der Waals surface area (Å²) in [5.74, 6) is -0.0955. The average Bonchev–Trinajstić information content (AvgIpc) is 2.90. The van der Waals surface area contributed by atoms with Crippen LogP contribution in [-0.4, -0.2) is 15.7 Å². The molecule has 1 unspecified atom stereocenters. The van der Waals surface area contributed by atoms with Gasteiger partial charge < -0.3 is 5.32 Å². The molecule has 0 spiro atoms. The Morgan fingerprint density at radius 3 is 2.70 bits per heavy atom. The summed E-state index contributed by atoms with van der Waals surface area (Å²) >= 11 is 0. The van der Waals surface area contributed by atoms with E-state index >= 15 is 0 Å². The van der Waals surface area contributed by atoms with E-state index in [2.05, 4.69) is 10.4 Å². The summed E-state index contributed by atoms with van der Waals surface area (Å²) in [7, 11) is 1.88. The van der Waals surface area contributed by atoms with Crippen molar-refractivity contribution in [1.29, 1.82) is 0 Å². The summed E-state index contributed by atoms with van der Waals surface area (Å²) in [5, 5.41) is 7.13. The number of nitrogens with zero attached hydrogens (tertiary/aromatic N) is 2. The van der Waals surface area contributed by atoms with Crippen molar-refractivity contribution in [3.63, 3.8) is 0 Å². The topological polar surface area (TPSA) is 46.9 Å². The van der Waals surface area contributed by atoms with Gasteiger partial charge in [-0.1, -0.05) is 37.3 Å². The maximum Gasteiger partial charge on any atom is 0.244 e. The van der Waals surface area contributed by atoms with Crippen LogP contribution in [0.1, 0.15) is 30.6 Å². The average molecular weight is 269 g/mol. The number of benzene rings is 1. The third kappa shape index (κ3) is 3.57. The van der Waals surface area contributed by atoms with Crippen molar-refractivity contribution in [3.05, 3.63) is 59.9 Å².